The van der Waals surface area contributed by atoms with E-state index in [1.165, 1.54) is 57.8 Å². The first-order valence-corrected chi connectivity index (χ1v) is 9.17. The molecular formula is C15H25NOS2. The van der Waals surface area contributed by atoms with E-state index in [0.717, 1.165) is 17.2 Å². The van der Waals surface area contributed by atoms with E-state index in [-0.39, 0.29) is 5.91 Å². The van der Waals surface area contributed by atoms with E-state index in [1.54, 1.807) is 11.8 Å². The second-order valence-corrected chi connectivity index (χ2v) is 7.34. The highest BCUT2D eigenvalue weighted by molar-refractivity contribution is 8.23. The molecule has 0 spiro atoms. The summed E-state index contributed by atoms with van der Waals surface area (Å²) in [5, 5.41) is 0. The van der Waals surface area contributed by atoms with E-state index in [1.807, 2.05) is 4.90 Å². The van der Waals surface area contributed by atoms with Gasteiger partial charge in [0.2, 0.25) is 5.91 Å². The van der Waals surface area contributed by atoms with Crippen molar-refractivity contribution in [3.05, 3.63) is 0 Å². The molecule has 108 valence electrons. The molecule has 0 N–H and O–H groups in total. The van der Waals surface area contributed by atoms with Crippen LogP contribution in [0.1, 0.15) is 70.6 Å². The summed E-state index contributed by atoms with van der Waals surface area (Å²) in [4.78, 5) is 13.9. The normalized spacial score (nSPS) is 25.2. The maximum absolute atomic E-state index is 12.0. The molecule has 0 aromatic carbocycles. The van der Waals surface area contributed by atoms with Crippen LogP contribution in [0, 0.1) is 0 Å². The van der Waals surface area contributed by atoms with Crippen LogP contribution >= 0.6 is 24.0 Å². The highest BCUT2D eigenvalue weighted by atomic mass is 32.2. The van der Waals surface area contributed by atoms with Gasteiger partial charge in [-0.1, -0.05) is 81.8 Å². The summed E-state index contributed by atoms with van der Waals surface area (Å²) < 4.78 is 0.821. The van der Waals surface area contributed by atoms with Crippen molar-refractivity contribution in [3.63, 3.8) is 0 Å². The van der Waals surface area contributed by atoms with E-state index in [4.69, 9.17) is 12.2 Å². The van der Waals surface area contributed by atoms with Gasteiger partial charge in [0.1, 0.15) is 4.32 Å². The van der Waals surface area contributed by atoms with Crippen LogP contribution in [0.4, 0.5) is 0 Å². The van der Waals surface area contributed by atoms with Gasteiger partial charge >= 0.3 is 0 Å². The molecule has 0 radical (unpaired) electrons. The topological polar surface area (TPSA) is 20.3 Å². The molecular weight excluding hydrogens is 274 g/mol. The highest BCUT2D eigenvalue weighted by Gasteiger charge is 2.32. The zero-order valence-corrected chi connectivity index (χ0v) is 13.4. The maximum atomic E-state index is 12.0. The number of hydrogen-bond donors (Lipinski definition) is 0. The molecule has 1 aliphatic heterocycles. The lowest BCUT2D eigenvalue weighted by Gasteiger charge is -2.27. The molecule has 19 heavy (non-hydrogen) atoms. The molecule has 2 fully saturated rings. The van der Waals surface area contributed by atoms with Gasteiger partial charge in [-0.25, -0.2) is 0 Å². The Morgan fingerprint density at radius 2 is 1.37 bits per heavy atom. The Morgan fingerprint density at radius 3 is 1.79 bits per heavy atom. The summed E-state index contributed by atoms with van der Waals surface area (Å²) in [5.41, 5.74) is 0. The fourth-order valence-electron chi connectivity index (χ4n) is 3.12. The number of thioether (sulfide) groups is 1. The first-order chi connectivity index (χ1) is 9.29. The van der Waals surface area contributed by atoms with Gasteiger partial charge in [-0.2, -0.15) is 0 Å². The minimum absolute atomic E-state index is 0.243. The minimum Gasteiger partial charge on any atom is -0.294 e. The molecule has 0 bridgehead atoms. The summed E-state index contributed by atoms with van der Waals surface area (Å²) in [6, 6.07) is 0.384. The molecule has 1 aliphatic carbocycles. The molecule has 0 unspecified atom stereocenters. The predicted octanol–water partition coefficient (Wildman–Crippen LogP) is 4.52. The lowest BCUT2D eigenvalue weighted by Crippen LogP contribution is -2.39. The smallest absolute Gasteiger partial charge is 0.238 e. The molecule has 4 heteroatoms. The summed E-state index contributed by atoms with van der Waals surface area (Å²) in [5.74, 6) is 0.807. The molecule has 2 aliphatic rings. The minimum atomic E-state index is 0.243. The summed E-state index contributed by atoms with van der Waals surface area (Å²) in [6.45, 7) is 0. The van der Waals surface area contributed by atoms with Crippen molar-refractivity contribution in [2.75, 3.05) is 5.75 Å². The third-order valence-electron chi connectivity index (χ3n) is 4.22. The zero-order chi connectivity index (χ0) is 13.5. The van der Waals surface area contributed by atoms with E-state index in [2.05, 4.69) is 0 Å². The Bertz CT molecular complexity index is 291. The molecule has 1 amide bonds. The van der Waals surface area contributed by atoms with Gasteiger partial charge in [0, 0.05) is 6.04 Å². The Balaban J connectivity index is 1.90. The van der Waals surface area contributed by atoms with E-state index in [0.29, 0.717) is 11.8 Å². The van der Waals surface area contributed by atoms with Crippen LogP contribution in [0.2, 0.25) is 0 Å². The third kappa shape index (κ3) is 4.75. The number of hydrogen-bond acceptors (Lipinski definition) is 3. The quantitative estimate of drug-likeness (QED) is 0.664. The van der Waals surface area contributed by atoms with Crippen molar-refractivity contribution in [1.29, 1.82) is 0 Å². The van der Waals surface area contributed by atoms with Gasteiger partial charge in [0.15, 0.2) is 0 Å². The highest BCUT2D eigenvalue weighted by Crippen LogP contribution is 2.28. The van der Waals surface area contributed by atoms with Crippen LogP contribution in [0.25, 0.3) is 0 Å². The lowest BCUT2D eigenvalue weighted by molar-refractivity contribution is -0.125. The monoisotopic (exact) mass is 299 g/mol. The van der Waals surface area contributed by atoms with Gasteiger partial charge in [-0.15, -0.1) is 0 Å². The summed E-state index contributed by atoms with van der Waals surface area (Å²) >= 11 is 6.90. The maximum Gasteiger partial charge on any atom is 0.238 e. The summed E-state index contributed by atoms with van der Waals surface area (Å²) in [6.07, 6.45) is 14.3. The second kappa shape index (κ2) is 8.25. The standard InChI is InChI=1S/C15H25NOS2/c17-14-12-19-15(18)16(14)13-10-8-6-4-2-1-3-5-7-9-11-13/h13H,1-12H2. The van der Waals surface area contributed by atoms with Crippen molar-refractivity contribution < 1.29 is 4.79 Å². The van der Waals surface area contributed by atoms with Crippen LogP contribution < -0.4 is 0 Å². The largest absolute Gasteiger partial charge is 0.294 e. The zero-order valence-electron chi connectivity index (χ0n) is 11.7. The van der Waals surface area contributed by atoms with Crippen LogP contribution in [0.3, 0.4) is 0 Å². The fraction of sp³-hybridized carbons (Fsp3) is 0.867. The van der Waals surface area contributed by atoms with Crippen molar-refractivity contribution in [3.8, 4) is 0 Å². The van der Waals surface area contributed by atoms with Crippen LogP contribution in [-0.4, -0.2) is 26.9 Å². The van der Waals surface area contributed by atoms with Crippen LogP contribution in [-0.2, 0) is 4.79 Å². The molecule has 1 saturated carbocycles. The van der Waals surface area contributed by atoms with Crippen molar-refractivity contribution in [2.45, 2.75) is 76.7 Å². The number of thiocarbonyl (C=S) groups is 1. The first kappa shape index (κ1) is 15.3. The number of carbonyl (C=O) groups excluding carboxylic acids is 1. The predicted molar refractivity (Wildman–Crippen MR) is 86.5 cm³/mol. The average molecular weight is 300 g/mol. The fourth-order valence-corrected chi connectivity index (χ4v) is 4.32. The Morgan fingerprint density at radius 1 is 0.895 bits per heavy atom. The molecule has 2 rings (SSSR count). The van der Waals surface area contributed by atoms with E-state index >= 15 is 0 Å². The summed E-state index contributed by atoms with van der Waals surface area (Å²) in [7, 11) is 0. The third-order valence-corrected chi connectivity index (χ3v) is 5.61. The lowest BCUT2D eigenvalue weighted by atomic mass is 9.97. The number of carbonyl (C=O) groups is 1. The Kier molecular flexibility index (Phi) is 6.65. The molecule has 1 saturated heterocycles. The molecule has 1 heterocycles. The van der Waals surface area contributed by atoms with Crippen LogP contribution in [0.15, 0.2) is 0 Å². The second-order valence-electron chi connectivity index (χ2n) is 5.73. The van der Waals surface area contributed by atoms with E-state index in [9.17, 15) is 4.79 Å². The van der Waals surface area contributed by atoms with Gasteiger partial charge < -0.3 is 0 Å². The number of amides is 1. The van der Waals surface area contributed by atoms with Crippen molar-refractivity contribution >= 4 is 34.2 Å². The average Bonchev–Trinajstić information content (AvgIpc) is 2.71. The van der Waals surface area contributed by atoms with Crippen molar-refractivity contribution in [1.82, 2.24) is 4.90 Å². The number of rotatable bonds is 1. The van der Waals surface area contributed by atoms with Gasteiger partial charge in [-0.05, 0) is 12.8 Å². The van der Waals surface area contributed by atoms with Gasteiger partial charge in [0.05, 0.1) is 5.75 Å². The van der Waals surface area contributed by atoms with Crippen molar-refractivity contribution in [2.24, 2.45) is 0 Å². The SMILES string of the molecule is O=C1CSC(=S)N1C1CCCCCCCCCCC1. The molecule has 0 atom stereocenters. The molecule has 2 nitrogen and oxygen atoms in total. The molecule has 0 aromatic heterocycles. The van der Waals surface area contributed by atoms with Gasteiger partial charge in [0.25, 0.3) is 0 Å². The van der Waals surface area contributed by atoms with E-state index < -0.39 is 0 Å². The Labute approximate surface area is 126 Å². The first-order valence-electron chi connectivity index (χ1n) is 7.78. The van der Waals surface area contributed by atoms with Crippen LogP contribution in [0.5, 0.6) is 0 Å². The Hall–Kier alpha value is -0.0900. The number of nitrogens with zero attached hydrogens (tertiary/aromatic N) is 1. The molecule has 0 aromatic rings. The van der Waals surface area contributed by atoms with Gasteiger partial charge in [-0.3, -0.25) is 9.69 Å².